The number of H-pyrrole nitrogens is 1. The van der Waals surface area contributed by atoms with Crippen LogP contribution >= 0.6 is 10.7 Å². The number of hydrogen-bond acceptors (Lipinski definition) is 4. The molecule has 1 N–H and O–H groups in total. The molecule has 1 atom stereocenters. The van der Waals surface area contributed by atoms with Crippen molar-refractivity contribution in [3.63, 3.8) is 0 Å². The molecule has 0 aliphatic rings. The van der Waals surface area contributed by atoms with E-state index in [-0.39, 0.29) is 5.56 Å². The molecule has 158 valence electrons. The Kier molecular flexibility index (Phi) is 8.46. The Labute approximate surface area is 178 Å². The highest BCUT2D eigenvalue weighted by atomic mass is 35.7. The minimum absolute atomic E-state index is 0.223. The highest BCUT2D eigenvalue weighted by Gasteiger charge is 2.17. The van der Waals surface area contributed by atoms with Gasteiger partial charge in [-0.25, -0.2) is 9.19 Å². The third-order valence-corrected chi connectivity index (χ3v) is 5.43. The number of ether oxygens (including phenoxy) is 1. The van der Waals surface area contributed by atoms with Crippen molar-refractivity contribution in [2.45, 2.75) is 51.9 Å². The molecular formula is C21H28ClN3O3S. The van der Waals surface area contributed by atoms with Crippen LogP contribution in [0.15, 0.2) is 34.1 Å². The van der Waals surface area contributed by atoms with Gasteiger partial charge >= 0.3 is 0 Å². The minimum atomic E-state index is -1.67. The van der Waals surface area contributed by atoms with Gasteiger partial charge in [-0.3, -0.25) is 4.79 Å². The number of hydrogen-bond donors (Lipinski definition) is 1. The number of benzene rings is 1. The van der Waals surface area contributed by atoms with Crippen molar-refractivity contribution in [2.75, 3.05) is 6.61 Å². The Morgan fingerprint density at radius 3 is 2.59 bits per heavy atom. The van der Waals surface area contributed by atoms with Crippen LogP contribution in [-0.2, 0) is 23.5 Å². The van der Waals surface area contributed by atoms with E-state index in [9.17, 15) is 9.00 Å². The molecule has 1 aromatic carbocycles. The van der Waals surface area contributed by atoms with Crippen LogP contribution in [0.2, 0.25) is 0 Å². The molecule has 0 aliphatic heterocycles. The summed E-state index contributed by atoms with van der Waals surface area (Å²) in [6.45, 7) is 8.62. The molecule has 0 radical (unpaired) electrons. The first kappa shape index (κ1) is 23.2. The highest BCUT2D eigenvalue weighted by molar-refractivity contribution is 8.08. The predicted molar refractivity (Wildman–Crippen MR) is 120 cm³/mol. The largest absolute Gasteiger partial charge is 0.493 e. The lowest BCUT2D eigenvalue weighted by Crippen LogP contribution is -2.12. The van der Waals surface area contributed by atoms with E-state index >= 15 is 0 Å². The first-order valence-corrected chi connectivity index (χ1v) is 11.9. The molecule has 2 heterocycles. The van der Waals surface area contributed by atoms with Crippen LogP contribution in [-0.4, -0.2) is 25.4 Å². The molecule has 0 aliphatic carbocycles. The Morgan fingerprint density at radius 1 is 1.24 bits per heavy atom. The quantitative estimate of drug-likeness (QED) is 0.530. The molecular weight excluding hydrogens is 410 g/mol. The molecule has 0 spiro atoms. The van der Waals surface area contributed by atoms with Gasteiger partial charge in [-0.15, -0.1) is 0 Å². The van der Waals surface area contributed by atoms with Crippen LogP contribution in [0.25, 0.3) is 22.4 Å². The standard InChI is InChI=1S/C19H22ClN3O3S.C2H6/c1-4-6-12-11-23(3)17-16(12)21-18(22-19(17)24)14-10-13(27(20)25)7-8-15(14)26-9-5-2;1-2/h7-8,10-11H,4-6,9H2,1-3H3,(H,21,22,24);1-2H3. The lowest BCUT2D eigenvalue weighted by molar-refractivity contribution is 0.318. The number of fused-ring (bicyclic) bond motifs is 1. The van der Waals surface area contributed by atoms with Gasteiger partial charge in [0.2, 0.25) is 0 Å². The summed E-state index contributed by atoms with van der Waals surface area (Å²) in [6.07, 6.45) is 4.57. The number of aromatic amines is 1. The third-order valence-electron chi connectivity index (χ3n) is 4.27. The lowest BCUT2D eigenvalue weighted by Gasteiger charge is -2.12. The topological polar surface area (TPSA) is 77.0 Å². The first-order chi connectivity index (χ1) is 14.0. The van der Waals surface area contributed by atoms with Gasteiger partial charge in [0.15, 0.2) is 0 Å². The Hall–Kier alpha value is -2.12. The van der Waals surface area contributed by atoms with E-state index in [1.54, 1.807) is 22.8 Å². The third kappa shape index (κ3) is 5.08. The zero-order chi connectivity index (χ0) is 21.6. The Balaban J connectivity index is 0.00000145. The van der Waals surface area contributed by atoms with E-state index in [1.165, 1.54) is 0 Å². The van der Waals surface area contributed by atoms with E-state index in [0.717, 1.165) is 24.8 Å². The minimum Gasteiger partial charge on any atom is -0.493 e. The van der Waals surface area contributed by atoms with Crippen LogP contribution < -0.4 is 10.3 Å². The molecule has 0 amide bonds. The number of nitrogens with one attached hydrogen (secondary N) is 1. The fraction of sp³-hybridized carbons (Fsp3) is 0.429. The molecule has 0 fully saturated rings. The van der Waals surface area contributed by atoms with Crippen LogP contribution in [0.5, 0.6) is 5.75 Å². The van der Waals surface area contributed by atoms with Crippen molar-refractivity contribution < 1.29 is 8.95 Å². The van der Waals surface area contributed by atoms with Crippen molar-refractivity contribution in [3.8, 4) is 17.1 Å². The molecule has 6 nitrogen and oxygen atoms in total. The van der Waals surface area contributed by atoms with Crippen molar-refractivity contribution in [3.05, 3.63) is 40.3 Å². The average molecular weight is 438 g/mol. The summed E-state index contributed by atoms with van der Waals surface area (Å²) in [5.74, 6) is 0.948. The number of rotatable bonds is 7. The summed E-state index contributed by atoms with van der Waals surface area (Å²) in [7, 11) is 5.92. The molecule has 1 unspecified atom stereocenters. The summed E-state index contributed by atoms with van der Waals surface area (Å²) >= 11 is 0. The summed E-state index contributed by atoms with van der Waals surface area (Å²) in [5, 5.41) is 0. The van der Waals surface area contributed by atoms with Crippen molar-refractivity contribution >= 4 is 31.7 Å². The van der Waals surface area contributed by atoms with Crippen molar-refractivity contribution in [2.24, 2.45) is 7.05 Å². The Bertz CT molecular complexity index is 1060. The van der Waals surface area contributed by atoms with E-state index in [2.05, 4.69) is 11.9 Å². The number of halogens is 1. The summed E-state index contributed by atoms with van der Waals surface area (Å²) in [6, 6.07) is 5.02. The van der Waals surface area contributed by atoms with Gasteiger partial charge in [-0.1, -0.05) is 34.1 Å². The molecule has 0 bridgehead atoms. The van der Waals surface area contributed by atoms with E-state index in [1.807, 2.05) is 34.0 Å². The van der Waals surface area contributed by atoms with E-state index in [0.29, 0.717) is 39.7 Å². The predicted octanol–water partition coefficient (Wildman–Crippen LogP) is 4.96. The fourth-order valence-electron chi connectivity index (χ4n) is 3.09. The van der Waals surface area contributed by atoms with Crippen LogP contribution in [0.1, 0.15) is 46.1 Å². The molecule has 8 heteroatoms. The maximum absolute atomic E-state index is 12.7. The van der Waals surface area contributed by atoms with Gasteiger partial charge in [0.05, 0.1) is 22.6 Å². The monoisotopic (exact) mass is 437 g/mol. The van der Waals surface area contributed by atoms with Crippen molar-refractivity contribution in [1.82, 2.24) is 14.5 Å². The molecule has 3 rings (SSSR count). The zero-order valence-electron chi connectivity index (χ0n) is 17.5. The number of aryl methyl sites for hydroxylation is 2. The van der Waals surface area contributed by atoms with Crippen LogP contribution in [0.4, 0.5) is 0 Å². The average Bonchev–Trinajstić information content (AvgIpc) is 3.03. The molecule has 3 aromatic rings. The number of aromatic nitrogens is 3. The highest BCUT2D eigenvalue weighted by Crippen LogP contribution is 2.31. The molecule has 0 saturated heterocycles. The maximum Gasteiger partial charge on any atom is 0.275 e. The normalized spacial score (nSPS) is 11.8. The summed E-state index contributed by atoms with van der Waals surface area (Å²) in [4.78, 5) is 20.7. The first-order valence-electron chi connectivity index (χ1n) is 9.89. The number of nitrogens with zero attached hydrogens (tertiary/aromatic N) is 2. The summed E-state index contributed by atoms with van der Waals surface area (Å²) in [5.41, 5.74) is 2.58. The maximum atomic E-state index is 12.7. The summed E-state index contributed by atoms with van der Waals surface area (Å²) < 4.78 is 19.3. The van der Waals surface area contributed by atoms with E-state index in [4.69, 9.17) is 20.4 Å². The smallest absolute Gasteiger partial charge is 0.275 e. The van der Waals surface area contributed by atoms with E-state index < -0.39 is 10.0 Å². The second kappa shape index (κ2) is 10.6. The van der Waals surface area contributed by atoms with Gasteiger partial charge in [0, 0.05) is 13.2 Å². The fourth-order valence-corrected chi connectivity index (χ4v) is 3.76. The lowest BCUT2D eigenvalue weighted by atomic mass is 10.1. The molecule has 29 heavy (non-hydrogen) atoms. The SMILES string of the molecule is CC.CCCOc1ccc(S(=O)Cl)cc1-c1nc2c(CCC)cn(C)c2c(=O)[nH]1. The Morgan fingerprint density at radius 2 is 1.97 bits per heavy atom. The van der Waals surface area contributed by atoms with Gasteiger partial charge < -0.3 is 14.3 Å². The van der Waals surface area contributed by atoms with Gasteiger partial charge in [-0.05, 0) is 47.3 Å². The van der Waals surface area contributed by atoms with Crippen LogP contribution in [0.3, 0.4) is 0 Å². The van der Waals surface area contributed by atoms with Gasteiger partial charge in [0.1, 0.15) is 27.1 Å². The van der Waals surface area contributed by atoms with Gasteiger partial charge in [-0.2, -0.15) is 0 Å². The molecule has 0 saturated carbocycles. The van der Waals surface area contributed by atoms with Crippen molar-refractivity contribution in [1.29, 1.82) is 0 Å². The second-order valence-electron chi connectivity index (χ2n) is 6.36. The second-order valence-corrected chi connectivity index (χ2v) is 8.12. The zero-order valence-corrected chi connectivity index (χ0v) is 19.1. The van der Waals surface area contributed by atoms with Crippen LogP contribution in [0, 0.1) is 0 Å². The molecule has 2 aromatic heterocycles. The van der Waals surface area contributed by atoms with Gasteiger partial charge in [0.25, 0.3) is 5.56 Å².